The number of carbonyl (C=O) groups is 1. The smallest absolute Gasteiger partial charge is 0.254 e. The second-order valence-corrected chi connectivity index (χ2v) is 5.82. The summed E-state index contributed by atoms with van der Waals surface area (Å²) < 4.78 is 19.8. The van der Waals surface area contributed by atoms with Crippen LogP contribution in [0.5, 0.6) is 5.75 Å². The lowest BCUT2D eigenvalue weighted by atomic mass is 10.1. The Labute approximate surface area is 151 Å². The molecule has 5 nitrogen and oxygen atoms in total. The van der Waals surface area contributed by atoms with Crippen LogP contribution in [0.1, 0.15) is 22.3 Å². The van der Waals surface area contributed by atoms with Crippen LogP contribution in [0.4, 0.5) is 4.39 Å². The lowest BCUT2D eigenvalue weighted by Gasteiger charge is -2.08. The summed E-state index contributed by atoms with van der Waals surface area (Å²) >= 11 is 0. The number of carbonyl (C=O) groups excluding carboxylic acids is 1. The van der Waals surface area contributed by atoms with Gasteiger partial charge < -0.3 is 10.1 Å². The number of aryl methyl sites for hydroxylation is 1. The predicted octanol–water partition coefficient (Wildman–Crippen LogP) is 3.38. The summed E-state index contributed by atoms with van der Waals surface area (Å²) in [6.07, 6.45) is 4.75. The number of hydrogen-bond acceptors (Lipinski definition) is 3. The van der Waals surface area contributed by atoms with Gasteiger partial charge in [-0.05, 0) is 48.7 Å². The van der Waals surface area contributed by atoms with Crippen molar-refractivity contribution in [1.82, 2.24) is 15.1 Å². The molecule has 0 saturated carbocycles. The molecule has 0 bridgehead atoms. The molecule has 2 aromatic carbocycles. The van der Waals surface area contributed by atoms with Gasteiger partial charge in [-0.1, -0.05) is 18.2 Å². The van der Waals surface area contributed by atoms with Crippen LogP contribution in [-0.4, -0.2) is 29.3 Å². The zero-order valence-corrected chi connectivity index (χ0v) is 14.5. The maximum Gasteiger partial charge on any atom is 0.254 e. The summed E-state index contributed by atoms with van der Waals surface area (Å²) in [5, 5.41) is 7.04. The van der Waals surface area contributed by atoms with Crippen molar-refractivity contribution in [3.63, 3.8) is 0 Å². The van der Waals surface area contributed by atoms with Gasteiger partial charge in [0.2, 0.25) is 0 Å². The van der Waals surface area contributed by atoms with Crippen LogP contribution in [0, 0.1) is 5.82 Å². The van der Waals surface area contributed by atoms with Crippen molar-refractivity contribution < 1.29 is 13.9 Å². The summed E-state index contributed by atoms with van der Waals surface area (Å²) in [6.45, 7) is 0.554. The first kappa shape index (κ1) is 17.7. The molecular weight excluding hydrogens is 333 g/mol. The highest BCUT2D eigenvalue weighted by atomic mass is 19.1. The zero-order valence-electron chi connectivity index (χ0n) is 14.5. The van der Waals surface area contributed by atoms with Crippen molar-refractivity contribution in [2.45, 2.75) is 12.8 Å². The van der Waals surface area contributed by atoms with E-state index >= 15 is 0 Å². The minimum atomic E-state index is -0.311. The molecule has 6 heteroatoms. The van der Waals surface area contributed by atoms with Crippen LogP contribution in [0.3, 0.4) is 0 Å². The lowest BCUT2D eigenvalue weighted by molar-refractivity contribution is 0.0953. The van der Waals surface area contributed by atoms with Gasteiger partial charge in [0, 0.05) is 12.7 Å². The van der Waals surface area contributed by atoms with Crippen molar-refractivity contribution >= 4 is 5.91 Å². The number of nitrogens with one attached hydrogen (secondary N) is 1. The highest BCUT2D eigenvalue weighted by Crippen LogP contribution is 2.18. The fraction of sp³-hybridized carbons (Fsp3) is 0.200. The lowest BCUT2D eigenvalue weighted by Crippen LogP contribution is -2.24. The number of benzene rings is 2. The van der Waals surface area contributed by atoms with Crippen molar-refractivity contribution in [3.05, 3.63) is 77.9 Å². The average molecular weight is 353 g/mol. The van der Waals surface area contributed by atoms with E-state index in [1.165, 1.54) is 18.3 Å². The Kier molecular flexibility index (Phi) is 5.63. The van der Waals surface area contributed by atoms with Gasteiger partial charge in [0.05, 0.1) is 24.6 Å². The van der Waals surface area contributed by atoms with Gasteiger partial charge in [0.15, 0.2) is 0 Å². The average Bonchev–Trinajstić information content (AvgIpc) is 3.16. The number of para-hydroxylation sites is 1. The fourth-order valence-electron chi connectivity index (χ4n) is 2.67. The SMILES string of the molecule is COc1ccccc1CCCNC(=O)c1cnn(-c2ccc(F)cc2)c1. The summed E-state index contributed by atoms with van der Waals surface area (Å²) in [5.41, 5.74) is 2.28. The van der Waals surface area contributed by atoms with E-state index in [1.54, 1.807) is 30.1 Å². The van der Waals surface area contributed by atoms with Crippen LogP contribution < -0.4 is 10.1 Å². The van der Waals surface area contributed by atoms with Gasteiger partial charge in [-0.25, -0.2) is 9.07 Å². The first-order valence-electron chi connectivity index (χ1n) is 8.38. The van der Waals surface area contributed by atoms with E-state index in [1.807, 2.05) is 24.3 Å². The number of amides is 1. The summed E-state index contributed by atoms with van der Waals surface area (Å²) in [6, 6.07) is 13.8. The van der Waals surface area contributed by atoms with E-state index in [4.69, 9.17) is 4.74 Å². The van der Waals surface area contributed by atoms with Crippen molar-refractivity contribution in [2.24, 2.45) is 0 Å². The first-order valence-corrected chi connectivity index (χ1v) is 8.38. The Morgan fingerprint density at radius 2 is 1.96 bits per heavy atom. The largest absolute Gasteiger partial charge is 0.496 e. The molecule has 1 amide bonds. The molecule has 3 aromatic rings. The van der Waals surface area contributed by atoms with Crippen LogP contribution in [0.25, 0.3) is 5.69 Å². The molecule has 1 aromatic heterocycles. The Balaban J connectivity index is 1.52. The maximum atomic E-state index is 13.0. The summed E-state index contributed by atoms with van der Waals surface area (Å²) in [5.74, 6) is 0.367. The minimum absolute atomic E-state index is 0.182. The van der Waals surface area contributed by atoms with E-state index in [9.17, 15) is 9.18 Å². The normalized spacial score (nSPS) is 10.5. The number of nitrogens with zero attached hydrogens (tertiary/aromatic N) is 2. The van der Waals surface area contributed by atoms with E-state index in [-0.39, 0.29) is 11.7 Å². The molecule has 0 aliphatic carbocycles. The topological polar surface area (TPSA) is 56.1 Å². The van der Waals surface area contributed by atoms with Gasteiger partial charge in [-0.3, -0.25) is 4.79 Å². The highest BCUT2D eigenvalue weighted by molar-refractivity contribution is 5.93. The van der Waals surface area contributed by atoms with E-state index < -0.39 is 0 Å². The molecule has 0 aliphatic rings. The Bertz CT molecular complexity index is 875. The fourth-order valence-corrected chi connectivity index (χ4v) is 2.67. The number of methoxy groups -OCH3 is 1. The number of hydrogen-bond donors (Lipinski definition) is 1. The molecule has 1 heterocycles. The minimum Gasteiger partial charge on any atom is -0.496 e. The third-order valence-electron chi connectivity index (χ3n) is 4.04. The molecule has 0 unspecified atom stereocenters. The molecule has 1 N–H and O–H groups in total. The number of ether oxygens (including phenoxy) is 1. The number of aromatic nitrogens is 2. The quantitative estimate of drug-likeness (QED) is 0.663. The third kappa shape index (κ3) is 4.27. The Hall–Kier alpha value is -3.15. The molecule has 0 fully saturated rings. The van der Waals surface area contributed by atoms with E-state index in [2.05, 4.69) is 10.4 Å². The van der Waals surface area contributed by atoms with E-state index in [0.29, 0.717) is 17.8 Å². The van der Waals surface area contributed by atoms with Crippen LogP contribution in [-0.2, 0) is 6.42 Å². The van der Waals surface area contributed by atoms with Gasteiger partial charge >= 0.3 is 0 Å². The van der Waals surface area contributed by atoms with Crippen LogP contribution in [0.15, 0.2) is 60.9 Å². The second-order valence-electron chi connectivity index (χ2n) is 5.82. The molecule has 0 saturated heterocycles. The monoisotopic (exact) mass is 353 g/mol. The Morgan fingerprint density at radius 1 is 1.19 bits per heavy atom. The third-order valence-corrected chi connectivity index (χ3v) is 4.04. The first-order chi connectivity index (χ1) is 12.7. The summed E-state index contributed by atoms with van der Waals surface area (Å²) in [4.78, 5) is 12.2. The molecule has 134 valence electrons. The molecular formula is C20H20FN3O2. The molecule has 0 atom stereocenters. The molecule has 0 radical (unpaired) electrons. The molecule has 0 spiro atoms. The molecule has 0 aliphatic heterocycles. The van der Waals surface area contributed by atoms with E-state index in [0.717, 1.165) is 24.2 Å². The maximum absolute atomic E-state index is 13.0. The van der Waals surface area contributed by atoms with Crippen molar-refractivity contribution in [2.75, 3.05) is 13.7 Å². The van der Waals surface area contributed by atoms with Gasteiger partial charge in [-0.2, -0.15) is 5.10 Å². The van der Waals surface area contributed by atoms with Crippen molar-refractivity contribution in [3.8, 4) is 11.4 Å². The number of rotatable bonds is 7. The predicted molar refractivity (Wildman–Crippen MR) is 97.2 cm³/mol. The van der Waals surface area contributed by atoms with Crippen LogP contribution in [0.2, 0.25) is 0 Å². The Morgan fingerprint density at radius 3 is 2.73 bits per heavy atom. The summed E-state index contributed by atoms with van der Waals surface area (Å²) in [7, 11) is 1.65. The standard InChI is InChI=1S/C20H20FN3O2/c1-26-19-7-3-2-5-15(19)6-4-12-22-20(25)16-13-23-24(14-16)18-10-8-17(21)9-11-18/h2-3,5,7-11,13-14H,4,6,12H2,1H3,(H,22,25). The highest BCUT2D eigenvalue weighted by Gasteiger charge is 2.09. The van der Waals surface area contributed by atoms with Gasteiger partial charge in [0.1, 0.15) is 11.6 Å². The van der Waals surface area contributed by atoms with Crippen LogP contribution >= 0.6 is 0 Å². The zero-order chi connectivity index (χ0) is 18.4. The van der Waals surface area contributed by atoms with Gasteiger partial charge in [0.25, 0.3) is 5.91 Å². The van der Waals surface area contributed by atoms with Crippen molar-refractivity contribution in [1.29, 1.82) is 0 Å². The molecule has 3 rings (SSSR count). The molecule has 26 heavy (non-hydrogen) atoms. The van der Waals surface area contributed by atoms with Gasteiger partial charge in [-0.15, -0.1) is 0 Å². The number of halogens is 1. The second kappa shape index (κ2) is 8.29.